The van der Waals surface area contributed by atoms with Crippen LogP contribution in [0.5, 0.6) is 0 Å². The van der Waals surface area contributed by atoms with E-state index in [2.05, 4.69) is 13.8 Å². The molecular formula is C15H16OS. The Morgan fingerprint density at radius 2 is 1.76 bits per heavy atom. The van der Waals surface area contributed by atoms with E-state index in [1.807, 2.05) is 42.6 Å². The van der Waals surface area contributed by atoms with Gasteiger partial charge in [0.2, 0.25) is 0 Å². The van der Waals surface area contributed by atoms with Gasteiger partial charge >= 0.3 is 0 Å². The lowest BCUT2D eigenvalue weighted by molar-refractivity contribution is 0.103. The first-order chi connectivity index (χ1) is 8.09. The Hall–Kier alpha value is -1.41. The van der Waals surface area contributed by atoms with Gasteiger partial charge in [-0.05, 0) is 29.9 Å². The molecule has 1 nitrogen and oxygen atoms in total. The van der Waals surface area contributed by atoms with Crippen molar-refractivity contribution in [1.82, 2.24) is 0 Å². The van der Waals surface area contributed by atoms with E-state index in [0.717, 1.165) is 16.0 Å². The average Bonchev–Trinajstić information content (AvgIpc) is 2.74. The summed E-state index contributed by atoms with van der Waals surface area (Å²) in [5.74, 6) is 0.626. The summed E-state index contributed by atoms with van der Waals surface area (Å²) in [6, 6.07) is 9.83. The minimum Gasteiger partial charge on any atom is -0.289 e. The topological polar surface area (TPSA) is 17.1 Å². The monoisotopic (exact) mass is 244 g/mol. The zero-order chi connectivity index (χ0) is 12.4. The molecule has 0 N–H and O–H groups in total. The lowest BCUT2D eigenvalue weighted by Crippen LogP contribution is -2.01. The standard InChI is InChI=1S/C15H16OS/c1-10(2)12-4-6-13(7-5-12)15(16)14-8-9-17-11(14)3/h4-10H,1-3H3. The SMILES string of the molecule is Cc1sccc1C(=O)c1ccc(C(C)C)cc1. The number of benzene rings is 1. The smallest absolute Gasteiger partial charge is 0.194 e. The Morgan fingerprint density at radius 3 is 2.24 bits per heavy atom. The van der Waals surface area contributed by atoms with Gasteiger partial charge in [0.05, 0.1) is 0 Å². The van der Waals surface area contributed by atoms with Crippen LogP contribution < -0.4 is 0 Å². The van der Waals surface area contributed by atoms with E-state index in [1.54, 1.807) is 11.3 Å². The number of hydrogen-bond acceptors (Lipinski definition) is 2. The molecule has 88 valence electrons. The molecule has 1 aromatic carbocycles. The Balaban J connectivity index is 2.29. The van der Waals surface area contributed by atoms with Crippen LogP contribution in [0.15, 0.2) is 35.7 Å². The summed E-state index contributed by atoms with van der Waals surface area (Å²) in [6.45, 7) is 6.29. The maximum atomic E-state index is 12.2. The molecule has 0 aliphatic carbocycles. The molecule has 0 aliphatic heterocycles. The fourth-order valence-corrected chi connectivity index (χ4v) is 2.49. The van der Waals surface area contributed by atoms with Crippen molar-refractivity contribution in [3.8, 4) is 0 Å². The fraction of sp³-hybridized carbons (Fsp3) is 0.267. The molecule has 0 unspecified atom stereocenters. The van der Waals surface area contributed by atoms with Crippen LogP contribution in [0, 0.1) is 6.92 Å². The van der Waals surface area contributed by atoms with Crippen molar-refractivity contribution in [3.63, 3.8) is 0 Å². The molecular weight excluding hydrogens is 228 g/mol. The zero-order valence-electron chi connectivity index (χ0n) is 10.4. The predicted octanol–water partition coefficient (Wildman–Crippen LogP) is 4.41. The van der Waals surface area contributed by atoms with Gasteiger partial charge in [-0.15, -0.1) is 11.3 Å². The van der Waals surface area contributed by atoms with Gasteiger partial charge in [-0.1, -0.05) is 38.1 Å². The first kappa shape index (κ1) is 12.1. The first-order valence-corrected chi connectivity index (χ1v) is 6.66. The summed E-state index contributed by atoms with van der Waals surface area (Å²) < 4.78 is 0. The van der Waals surface area contributed by atoms with Crippen molar-refractivity contribution in [2.45, 2.75) is 26.7 Å². The number of carbonyl (C=O) groups excluding carboxylic acids is 1. The molecule has 0 atom stereocenters. The summed E-state index contributed by atoms with van der Waals surface area (Å²) in [7, 11) is 0. The van der Waals surface area contributed by atoms with Gasteiger partial charge < -0.3 is 0 Å². The summed E-state index contributed by atoms with van der Waals surface area (Å²) in [4.78, 5) is 13.3. The summed E-state index contributed by atoms with van der Waals surface area (Å²) in [5, 5.41) is 1.96. The van der Waals surface area contributed by atoms with Gasteiger partial charge in [0.1, 0.15) is 0 Å². The molecule has 0 bridgehead atoms. The van der Waals surface area contributed by atoms with Crippen molar-refractivity contribution < 1.29 is 4.79 Å². The Morgan fingerprint density at radius 1 is 1.12 bits per heavy atom. The molecule has 0 spiro atoms. The molecule has 0 saturated carbocycles. The number of rotatable bonds is 3. The predicted molar refractivity (Wildman–Crippen MR) is 73.0 cm³/mol. The second-order valence-electron chi connectivity index (χ2n) is 4.50. The summed E-state index contributed by atoms with van der Waals surface area (Å²) >= 11 is 1.61. The highest BCUT2D eigenvalue weighted by atomic mass is 32.1. The van der Waals surface area contributed by atoms with Gasteiger partial charge in [-0.2, -0.15) is 0 Å². The third-order valence-electron chi connectivity index (χ3n) is 2.94. The Bertz CT molecular complexity index is 520. The van der Waals surface area contributed by atoms with Crippen LogP contribution in [0.1, 0.15) is 46.1 Å². The van der Waals surface area contributed by atoms with E-state index in [9.17, 15) is 4.79 Å². The Kier molecular flexibility index (Phi) is 3.43. The van der Waals surface area contributed by atoms with Gasteiger partial charge in [0.25, 0.3) is 0 Å². The molecule has 1 heterocycles. The van der Waals surface area contributed by atoms with Crippen LogP contribution in [-0.4, -0.2) is 5.78 Å². The number of carbonyl (C=O) groups is 1. The minimum absolute atomic E-state index is 0.124. The first-order valence-electron chi connectivity index (χ1n) is 5.78. The highest BCUT2D eigenvalue weighted by Gasteiger charge is 2.12. The van der Waals surface area contributed by atoms with E-state index in [1.165, 1.54) is 5.56 Å². The van der Waals surface area contributed by atoms with E-state index in [0.29, 0.717) is 5.92 Å². The minimum atomic E-state index is 0.124. The van der Waals surface area contributed by atoms with Gasteiger partial charge in [-0.25, -0.2) is 0 Å². The largest absolute Gasteiger partial charge is 0.289 e. The van der Waals surface area contributed by atoms with Gasteiger partial charge in [0, 0.05) is 16.0 Å². The molecule has 0 radical (unpaired) electrons. The van der Waals surface area contributed by atoms with Crippen molar-refractivity contribution in [3.05, 3.63) is 57.3 Å². The van der Waals surface area contributed by atoms with Crippen molar-refractivity contribution in [2.24, 2.45) is 0 Å². The molecule has 1 aromatic heterocycles. The molecule has 0 fully saturated rings. The number of thiophene rings is 1. The van der Waals surface area contributed by atoms with Crippen LogP contribution >= 0.6 is 11.3 Å². The maximum absolute atomic E-state index is 12.2. The third-order valence-corrected chi connectivity index (χ3v) is 3.79. The quantitative estimate of drug-likeness (QED) is 0.731. The van der Waals surface area contributed by atoms with Crippen molar-refractivity contribution in [2.75, 3.05) is 0 Å². The van der Waals surface area contributed by atoms with E-state index < -0.39 is 0 Å². The zero-order valence-corrected chi connectivity index (χ0v) is 11.2. The number of aryl methyl sites for hydroxylation is 1. The molecule has 2 heteroatoms. The highest BCUT2D eigenvalue weighted by molar-refractivity contribution is 7.10. The summed E-state index contributed by atoms with van der Waals surface area (Å²) in [6.07, 6.45) is 0. The van der Waals surface area contributed by atoms with Crippen LogP contribution in [0.25, 0.3) is 0 Å². The normalized spacial score (nSPS) is 10.8. The van der Waals surface area contributed by atoms with Crippen molar-refractivity contribution in [1.29, 1.82) is 0 Å². The van der Waals surface area contributed by atoms with Gasteiger partial charge in [0.15, 0.2) is 5.78 Å². The van der Waals surface area contributed by atoms with Crippen LogP contribution in [-0.2, 0) is 0 Å². The van der Waals surface area contributed by atoms with E-state index in [4.69, 9.17) is 0 Å². The van der Waals surface area contributed by atoms with Crippen LogP contribution in [0.4, 0.5) is 0 Å². The molecule has 17 heavy (non-hydrogen) atoms. The number of ketones is 1. The molecule has 2 aromatic rings. The van der Waals surface area contributed by atoms with Crippen LogP contribution in [0.2, 0.25) is 0 Å². The molecule has 0 amide bonds. The lowest BCUT2D eigenvalue weighted by Gasteiger charge is -2.06. The lowest BCUT2D eigenvalue weighted by atomic mass is 9.98. The molecule has 2 rings (SSSR count). The Labute approximate surface area is 106 Å². The third kappa shape index (κ3) is 2.47. The van der Waals surface area contributed by atoms with Crippen molar-refractivity contribution >= 4 is 17.1 Å². The van der Waals surface area contributed by atoms with E-state index in [-0.39, 0.29) is 5.78 Å². The highest BCUT2D eigenvalue weighted by Crippen LogP contribution is 2.21. The molecule has 0 aliphatic rings. The van der Waals surface area contributed by atoms with E-state index >= 15 is 0 Å². The fourth-order valence-electron chi connectivity index (χ4n) is 1.80. The number of hydrogen-bond donors (Lipinski definition) is 0. The maximum Gasteiger partial charge on any atom is 0.194 e. The average molecular weight is 244 g/mol. The summed E-state index contributed by atoms with van der Waals surface area (Å²) in [5.41, 5.74) is 2.87. The van der Waals surface area contributed by atoms with Gasteiger partial charge in [-0.3, -0.25) is 4.79 Å². The second kappa shape index (κ2) is 4.84. The van der Waals surface area contributed by atoms with Crippen LogP contribution in [0.3, 0.4) is 0 Å². The second-order valence-corrected chi connectivity index (χ2v) is 5.62. The molecule has 0 saturated heterocycles.